The Morgan fingerprint density at radius 2 is 1.72 bits per heavy atom. The van der Waals surface area contributed by atoms with Gasteiger partial charge in [0.05, 0.1) is 0 Å². The molecule has 0 radical (unpaired) electrons. The zero-order valence-corrected chi connectivity index (χ0v) is 12.8. The van der Waals surface area contributed by atoms with Gasteiger partial charge in [-0.05, 0) is 6.58 Å². The molecule has 0 unspecified atom stereocenters. The monoisotopic (exact) mass is 341 g/mol. The number of benzene rings is 1. The second-order valence-corrected chi connectivity index (χ2v) is 10.5. The van der Waals surface area contributed by atoms with Crippen LogP contribution in [0.3, 0.4) is 0 Å². The van der Waals surface area contributed by atoms with E-state index in [1.54, 1.807) is 30.3 Å². The maximum absolute atomic E-state index is 11.5. The minimum absolute atomic E-state index is 0.329. The van der Waals surface area contributed by atoms with Crippen molar-refractivity contribution in [1.82, 2.24) is 0 Å². The molecule has 1 aromatic carbocycles. The van der Waals surface area contributed by atoms with Crippen molar-refractivity contribution in [3.05, 3.63) is 53.8 Å². The number of aliphatic hydroxyl groups is 1. The second-order valence-electron chi connectivity index (χ2n) is 2.80. The molecule has 95 valence electrons. The van der Waals surface area contributed by atoms with Gasteiger partial charge in [-0.1, -0.05) is 30.3 Å². The van der Waals surface area contributed by atoms with Crippen LogP contribution in [0.4, 0.5) is 0 Å². The number of hydrogen-bond donors (Lipinski definition) is 1. The molecule has 18 heavy (non-hydrogen) atoms. The summed E-state index contributed by atoms with van der Waals surface area (Å²) >= 11 is -1.92. The van der Waals surface area contributed by atoms with E-state index >= 15 is 0 Å². The van der Waals surface area contributed by atoms with Gasteiger partial charge in [-0.15, -0.1) is 0 Å². The summed E-state index contributed by atoms with van der Waals surface area (Å²) in [5.41, 5.74) is 8.36. The SMILES string of the molecule is C=C(O)C(=[N+]=[N-])C(=O)c1ccccc1.[Cl][Ti]([Cl])[Cl]. The first kappa shape index (κ1) is 17.4. The first-order chi connectivity index (χ1) is 8.40. The fraction of sp³-hybridized carbons (Fsp3) is 0. The molecule has 0 aliphatic carbocycles. The van der Waals surface area contributed by atoms with Crippen LogP contribution in [-0.2, 0) is 14.7 Å². The molecule has 0 aliphatic heterocycles. The number of Topliss-reactive ketones (excluding diaryl/α,β-unsaturated/α-hetero) is 1. The summed E-state index contributed by atoms with van der Waals surface area (Å²) in [4.78, 5) is 14.2. The van der Waals surface area contributed by atoms with E-state index in [9.17, 15) is 4.79 Å². The average Bonchev–Trinajstić information content (AvgIpc) is 2.29. The number of aliphatic hydroxyl groups excluding tert-OH is 1. The van der Waals surface area contributed by atoms with E-state index in [1.165, 1.54) is 0 Å². The Kier molecular flexibility index (Phi) is 9.03. The van der Waals surface area contributed by atoms with E-state index in [1.807, 2.05) is 0 Å². The van der Waals surface area contributed by atoms with E-state index in [2.05, 4.69) is 11.4 Å². The Hall–Kier alpha value is -0.606. The van der Waals surface area contributed by atoms with Gasteiger partial charge in [0.25, 0.3) is 5.78 Å². The Balaban J connectivity index is 0.000000631. The van der Waals surface area contributed by atoms with Gasteiger partial charge in [0.2, 0.25) is 5.76 Å². The van der Waals surface area contributed by atoms with Crippen molar-refractivity contribution in [3.8, 4) is 0 Å². The van der Waals surface area contributed by atoms with E-state index < -0.39 is 31.9 Å². The normalized spacial score (nSPS) is 8.39. The molecule has 0 saturated carbocycles. The first-order valence-electron chi connectivity index (χ1n) is 4.43. The molecule has 0 bridgehead atoms. The molecule has 0 saturated heterocycles. The van der Waals surface area contributed by atoms with Gasteiger partial charge >= 0.3 is 48.3 Å². The topological polar surface area (TPSA) is 73.7 Å². The standard InChI is InChI=1S/C10H8N2O2.3ClH.Ti/c1-7(13)9(12-11)10(14)8-5-3-2-4-6-8;;;;/h2-6,13H,1H2;3*1H;/q;;;;+3/p-3. The quantitative estimate of drug-likeness (QED) is 0.227. The van der Waals surface area contributed by atoms with Crippen LogP contribution >= 0.6 is 27.9 Å². The van der Waals surface area contributed by atoms with Crippen LogP contribution in [-0.4, -0.2) is 21.4 Å². The van der Waals surface area contributed by atoms with Crippen LogP contribution in [0.2, 0.25) is 0 Å². The van der Waals surface area contributed by atoms with Gasteiger partial charge < -0.3 is 10.6 Å². The van der Waals surface area contributed by atoms with Crippen LogP contribution in [0.1, 0.15) is 10.4 Å². The summed E-state index contributed by atoms with van der Waals surface area (Å²) < 4.78 is 0. The predicted molar refractivity (Wildman–Crippen MR) is 68.7 cm³/mol. The molecule has 8 heteroatoms. The number of rotatable bonds is 3. The summed E-state index contributed by atoms with van der Waals surface area (Å²) in [5, 5.41) is 8.94. The zero-order valence-electron chi connectivity index (χ0n) is 8.98. The van der Waals surface area contributed by atoms with Crippen LogP contribution in [0.15, 0.2) is 42.7 Å². The molecule has 1 rings (SSSR count). The van der Waals surface area contributed by atoms with E-state index in [0.717, 1.165) is 0 Å². The first-order valence-corrected chi connectivity index (χ1v) is 10.9. The Bertz CT molecular complexity index is 471. The van der Waals surface area contributed by atoms with Gasteiger partial charge in [-0.2, -0.15) is 4.79 Å². The zero-order chi connectivity index (χ0) is 14.1. The minimum atomic E-state index is -1.92. The van der Waals surface area contributed by atoms with Gasteiger partial charge in [0, 0.05) is 5.56 Å². The van der Waals surface area contributed by atoms with Crippen molar-refractivity contribution in [2.24, 2.45) is 0 Å². The number of ketones is 1. The van der Waals surface area contributed by atoms with Crippen LogP contribution in [0.5, 0.6) is 0 Å². The van der Waals surface area contributed by atoms with Crippen LogP contribution < -0.4 is 0 Å². The molecule has 4 nitrogen and oxygen atoms in total. The summed E-state index contributed by atoms with van der Waals surface area (Å²) in [6.45, 7) is 3.12. The molecule has 1 aromatic rings. The number of allylic oxidation sites excluding steroid dienone is 1. The van der Waals surface area contributed by atoms with E-state index in [4.69, 9.17) is 38.6 Å². The van der Waals surface area contributed by atoms with Crippen molar-refractivity contribution in [2.75, 3.05) is 0 Å². The predicted octanol–water partition coefficient (Wildman–Crippen LogP) is 3.68. The number of nitrogens with zero attached hydrogens (tertiary/aromatic N) is 2. The number of carbonyl (C=O) groups is 1. The van der Waals surface area contributed by atoms with Crippen molar-refractivity contribution in [2.45, 2.75) is 0 Å². The van der Waals surface area contributed by atoms with Crippen LogP contribution in [0.25, 0.3) is 5.53 Å². The summed E-state index contributed by atoms with van der Waals surface area (Å²) in [7, 11) is 14.9. The van der Waals surface area contributed by atoms with E-state index in [-0.39, 0.29) is 0 Å². The van der Waals surface area contributed by atoms with Gasteiger partial charge in [0.15, 0.2) is 0 Å². The molecular formula is C10H8Cl3N2O2Ti. The summed E-state index contributed by atoms with van der Waals surface area (Å²) in [6.07, 6.45) is 0. The van der Waals surface area contributed by atoms with Crippen molar-refractivity contribution in [1.29, 1.82) is 0 Å². The van der Waals surface area contributed by atoms with Crippen LogP contribution in [0, 0.1) is 0 Å². The third-order valence-corrected chi connectivity index (χ3v) is 1.62. The fourth-order valence-corrected chi connectivity index (χ4v) is 0.960. The number of carbonyl (C=O) groups excluding carboxylic acids is 1. The maximum atomic E-state index is 11.5. The fourth-order valence-electron chi connectivity index (χ4n) is 0.960. The molecule has 1 N–H and O–H groups in total. The second kappa shape index (κ2) is 9.34. The number of hydrogen-bond acceptors (Lipinski definition) is 2. The molecule has 0 spiro atoms. The Morgan fingerprint density at radius 1 is 1.28 bits per heavy atom. The third kappa shape index (κ3) is 6.97. The molecule has 0 heterocycles. The number of halogens is 3. The van der Waals surface area contributed by atoms with Gasteiger partial charge in [0.1, 0.15) is 0 Å². The third-order valence-electron chi connectivity index (χ3n) is 1.62. The average molecular weight is 342 g/mol. The summed E-state index contributed by atoms with van der Waals surface area (Å²) in [5.74, 6) is -1.12. The van der Waals surface area contributed by atoms with Crippen molar-refractivity contribution < 1.29 is 29.4 Å². The van der Waals surface area contributed by atoms with E-state index in [0.29, 0.717) is 5.56 Å². The van der Waals surface area contributed by atoms with Crippen molar-refractivity contribution in [3.63, 3.8) is 0 Å². The molecule has 0 amide bonds. The van der Waals surface area contributed by atoms with Gasteiger partial charge in [-0.3, -0.25) is 4.79 Å². The Labute approximate surface area is 122 Å². The molecule has 0 aromatic heterocycles. The summed E-state index contributed by atoms with van der Waals surface area (Å²) in [6, 6.07) is 8.19. The Morgan fingerprint density at radius 3 is 2.06 bits per heavy atom. The molecule has 0 aliphatic rings. The molecular weight excluding hydrogens is 334 g/mol. The molecule has 0 atom stereocenters. The molecule has 0 fully saturated rings. The van der Waals surface area contributed by atoms with Gasteiger partial charge in [-0.25, -0.2) is 0 Å². The van der Waals surface area contributed by atoms with Crippen molar-refractivity contribution >= 4 is 39.4 Å².